The van der Waals surface area contributed by atoms with Gasteiger partial charge >= 0.3 is 0 Å². The van der Waals surface area contributed by atoms with Gasteiger partial charge in [0.1, 0.15) is 0 Å². The number of hydrogen-bond donors (Lipinski definition) is 2. The van der Waals surface area contributed by atoms with E-state index in [4.69, 9.17) is 0 Å². The van der Waals surface area contributed by atoms with Gasteiger partial charge < -0.3 is 10.2 Å². The SMILES string of the molecule is Cc1ccc(S(=O)(=O)NCCC(=O)NCCCN(C)C)cc1. The lowest BCUT2D eigenvalue weighted by Gasteiger charge is -2.10. The number of aryl methyl sites for hydroxylation is 1. The zero-order chi connectivity index (χ0) is 16.6. The number of hydrogen-bond acceptors (Lipinski definition) is 4. The van der Waals surface area contributed by atoms with Crippen LogP contribution < -0.4 is 10.0 Å². The molecule has 0 saturated carbocycles. The number of nitrogens with zero attached hydrogens (tertiary/aromatic N) is 1. The summed E-state index contributed by atoms with van der Waals surface area (Å²) in [5.41, 5.74) is 0.996. The molecule has 0 spiro atoms. The van der Waals surface area contributed by atoms with Crippen LogP contribution in [0.1, 0.15) is 18.4 Å². The highest BCUT2D eigenvalue weighted by Crippen LogP contribution is 2.09. The standard InChI is InChI=1S/C15H25N3O3S/c1-13-5-7-14(8-6-13)22(20,21)17-11-9-15(19)16-10-4-12-18(2)3/h5-8,17H,4,9-12H2,1-3H3,(H,16,19). The Hall–Kier alpha value is -1.44. The Labute approximate surface area is 132 Å². The van der Waals surface area contributed by atoms with Crippen molar-refractivity contribution in [3.8, 4) is 0 Å². The van der Waals surface area contributed by atoms with Crippen LogP contribution in [-0.2, 0) is 14.8 Å². The quantitative estimate of drug-likeness (QED) is 0.656. The molecule has 0 heterocycles. The minimum absolute atomic E-state index is 0.0930. The number of carbonyl (C=O) groups is 1. The molecule has 7 heteroatoms. The molecule has 0 aliphatic heterocycles. The molecule has 1 amide bonds. The van der Waals surface area contributed by atoms with Gasteiger partial charge in [0.05, 0.1) is 4.90 Å². The van der Waals surface area contributed by atoms with Crippen molar-refractivity contribution in [2.24, 2.45) is 0 Å². The molecule has 0 saturated heterocycles. The molecule has 0 aliphatic rings. The first kappa shape index (κ1) is 18.6. The number of rotatable bonds is 9. The lowest BCUT2D eigenvalue weighted by Crippen LogP contribution is -2.32. The van der Waals surface area contributed by atoms with Gasteiger partial charge in [-0.1, -0.05) is 17.7 Å². The Morgan fingerprint density at radius 1 is 1.14 bits per heavy atom. The average Bonchev–Trinajstić information content (AvgIpc) is 2.43. The van der Waals surface area contributed by atoms with Crippen LogP contribution in [0, 0.1) is 6.92 Å². The van der Waals surface area contributed by atoms with Crippen molar-refractivity contribution in [2.75, 3.05) is 33.7 Å². The Bertz CT molecular complexity index is 568. The van der Waals surface area contributed by atoms with Gasteiger partial charge in [0.15, 0.2) is 0 Å². The number of benzene rings is 1. The summed E-state index contributed by atoms with van der Waals surface area (Å²) in [4.78, 5) is 13.9. The molecule has 0 bridgehead atoms. The largest absolute Gasteiger partial charge is 0.356 e. The first-order valence-electron chi connectivity index (χ1n) is 7.29. The van der Waals surface area contributed by atoms with E-state index in [1.165, 1.54) is 0 Å². The third-order valence-corrected chi connectivity index (χ3v) is 4.56. The number of carbonyl (C=O) groups excluding carboxylic acids is 1. The van der Waals surface area contributed by atoms with Gasteiger partial charge in [0.25, 0.3) is 0 Å². The lowest BCUT2D eigenvalue weighted by atomic mass is 10.2. The molecule has 0 radical (unpaired) electrons. The second kappa shape index (κ2) is 8.87. The second-order valence-electron chi connectivity index (χ2n) is 5.47. The molecule has 124 valence electrons. The van der Waals surface area contributed by atoms with E-state index in [0.717, 1.165) is 18.5 Å². The average molecular weight is 327 g/mol. The zero-order valence-corrected chi connectivity index (χ0v) is 14.2. The first-order chi connectivity index (χ1) is 10.3. The molecule has 6 nitrogen and oxygen atoms in total. The van der Waals surface area contributed by atoms with Crippen molar-refractivity contribution < 1.29 is 13.2 Å². The number of nitrogens with one attached hydrogen (secondary N) is 2. The van der Waals surface area contributed by atoms with E-state index in [1.807, 2.05) is 25.9 Å². The smallest absolute Gasteiger partial charge is 0.240 e. The third kappa shape index (κ3) is 7.02. The summed E-state index contributed by atoms with van der Waals surface area (Å²) in [5.74, 6) is -0.148. The fourth-order valence-electron chi connectivity index (χ4n) is 1.81. The molecule has 1 rings (SSSR count). The van der Waals surface area contributed by atoms with Crippen LogP contribution in [0.5, 0.6) is 0 Å². The minimum Gasteiger partial charge on any atom is -0.356 e. The van der Waals surface area contributed by atoms with E-state index in [9.17, 15) is 13.2 Å². The molecule has 1 aromatic rings. The first-order valence-corrected chi connectivity index (χ1v) is 8.77. The highest BCUT2D eigenvalue weighted by Gasteiger charge is 2.13. The Balaban J connectivity index is 2.30. The van der Waals surface area contributed by atoms with E-state index in [0.29, 0.717) is 6.54 Å². The lowest BCUT2D eigenvalue weighted by molar-refractivity contribution is -0.120. The molecule has 1 aromatic carbocycles. The summed E-state index contributed by atoms with van der Waals surface area (Å²) in [5, 5.41) is 2.77. The van der Waals surface area contributed by atoms with Gasteiger partial charge in [-0.25, -0.2) is 13.1 Å². The summed E-state index contributed by atoms with van der Waals surface area (Å²) in [7, 11) is 0.402. The summed E-state index contributed by atoms with van der Waals surface area (Å²) >= 11 is 0. The topological polar surface area (TPSA) is 78.5 Å². The van der Waals surface area contributed by atoms with Crippen LogP contribution in [0.3, 0.4) is 0 Å². The fourth-order valence-corrected chi connectivity index (χ4v) is 2.84. The van der Waals surface area contributed by atoms with E-state index in [1.54, 1.807) is 24.3 Å². The van der Waals surface area contributed by atoms with Crippen LogP contribution in [0.4, 0.5) is 0 Å². The van der Waals surface area contributed by atoms with Gasteiger partial charge in [0, 0.05) is 19.5 Å². The van der Waals surface area contributed by atoms with Crippen molar-refractivity contribution in [1.29, 1.82) is 0 Å². The van der Waals surface area contributed by atoms with Crippen LogP contribution >= 0.6 is 0 Å². The fraction of sp³-hybridized carbons (Fsp3) is 0.533. The molecular formula is C15H25N3O3S. The van der Waals surface area contributed by atoms with Crippen LogP contribution in [0.2, 0.25) is 0 Å². The van der Waals surface area contributed by atoms with E-state index in [-0.39, 0.29) is 23.8 Å². The van der Waals surface area contributed by atoms with Gasteiger partial charge in [-0.2, -0.15) is 0 Å². The molecule has 0 fully saturated rings. The van der Waals surface area contributed by atoms with Gasteiger partial charge in [-0.3, -0.25) is 4.79 Å². The molecular weight excluding hydrogens is 302 g/mol. The van der Waals surface area contributed by atoms with Crippen molar-refractivity contribution in [3.63, 3.8) is 0 Å². The maximum atomic E-state index is 12.0. The third-order valence-electron chi connectivity index (χ3n) is 3.08. The molecule has 22 heavy (non-hydrogen) atoms. The monoisotopic (exact) mass is 327 g/mol. The Morgan fingerprint density at radius 2 is 1.77 bits per heavy atom. The maximum absolute atomic E-state index is 12.0. The van der Waals surface area contributed by atoms with Gasteiger partial charge in [-0.05, 0) is 46.1 Å². The van der Waals surface area contributed by atoms with E-state index < -0.39 is 10.0 Å². The van der Waals surface area contributed by atoms with Crippen molar-refractivity contribution in [2.45, 2.75) is 24.7 Å². The minimum atomic E-state index is -3.55. The number of amides is 1. The predicted octanol–water partition coefficient (Wildman–Crippen LogP) is 0.731. The summed E-state index contributed by atoms with van der Waals surface area (Å²) in [6, 6.07) is 6.59. The summed E-state index contributed by atoms with van der Waals surface area (Å²) in [6.07, 6.45) is 1.00. The van der Waals surface area contributed by atoms with Gasteiger partial charge in [-0.15, -0.1) is 0 Å². The van der Waals surface area contributed by atoms with Crippen LogP contribution in [-0.4, -0.2) is 53.0 Å². The van der Waals surface area contributed by atoms with Crippen molar-refractivity contribution >= 4 is 15.9 Å². The highest BCUT2D eigenvalue weighted by molar-refractivity contribution is 7.89. The molecule has 0 unspecified atom stereocenters. The Kier molecular flexibility index (Phi) is 7.50. The van der Waals surface area contributed by atoms with E-state index >= 15 is 0 Å². The van der Waals surface area contributed by atoms with Crippen LogP contribution in [0.15, 0.2) is 29.2 Å². The molecule has 2 N–H and O–H groups in total. The van der Waals surface area contributed by atoms with Crippen molar-refractivity contribution in [1.82, 2.24) is 14.9 Å². The Morgan fingerprint density at radius 3 is 2.36 bits per heavy atom. The second-order valence-corrected chi connectivity index (χ2v) is 7.23. The maximum Gasteiger partial charge on any atom is 0.240 e. The van der Waals surface area contributed by atoms with E-state index in [2.05, 4.69) is 10.0 Å². The normalized spacial score (nSPS) is 11.6. The number of sulfonamides is 1. The van der Waals surface area contributed by atoms with Crippen molar-refractivity contribution in [3.05, 3.63) is 29.8 Å². The zero-order valence-electron chi connectivity index (χ0n) is 13.4. The predicted molar refractivity (Wildman–Crippen MR) is 87.2 cm³/mol. The molecule has 0 atom stereocenters. The van der Waals surface area contributed by atoms with Gasteiger partial charge in [0.2, 0.25) is 15.9 Å². The summed E-state index contributed by atoms with van der Waals surface area (Å²) < 4.78 is 26.5. The molecule has 0 aliphatic carbocycles. The highest BCUT2D eigenvalue weighted by atomic mass is 32.2. The molecule has 0 aromatic heterocycles. The summed E-state index contributed by atoms with van der Waals surface area (Å²) in [6.45, 7) is 3.49. The van der Waals surface area contributed by atoms with Crippen LogP contribution in [0.25, 0.3) is 0 Å².